The summed E-state index contributed by atoms with van der Waals surface area (Å²) in [5.41, 5.74) is 1.30. The van der Waals surface area contributed by atoms with Crippen LogP contribution in [0.3, 0.4) is 0 Å². The molecule has 0 spiro atoms. The summed E-state index contributed by atoms with van der Waals surface area (Å²) >= 11 is 0. The average Bonchev–Trinajstić information content (AvgIpc) is 2.38. The van der Waals surface area contributed by atoms with Crippen molar-refractivity contribution in [3.8, 4) is 12.3 Å². The van der Waals surface area contributed by atoms with E-state index in [0.717, 1.165) is 6.54 Å². The van der Waals surface area contributed by atoms with Gasteiger partial charge < -0.3 is 10.2 Å². The van der Waals surface area contributed by atoms with E-state index < -0.39 is 11.9 Å². The Bertz CT molecular complexity index is 472. The largest absolute Gasteiger partial charge is 0.478 e. The predicted molar refractivity (Wildman–Crippen MR) is 76.0 cm³/mol. The van der Waals surface area contributed by atoms with Crippen molar-refractivity contribution in [3.63, 3.8) is 0 Å². The van der Waals surface area contributed by atoms with Crippen LogP contribution in [-0.2, 0) is 16.1 Å². The van der Waals surface area contributed by atoms with E-state index >= 15 is 0 Å². The molecule has 0 fully saturated rings. The van der Waals surface area contributed by atoms with E-state index in [4.69, 9.17) is 16.6 Å². The molecule has 0 radical (unpaired) electrons. The van der Waals surface area contributed by atoms with Crippen LogP contribution < -0.4 is 0 Å². The molecule has 0 amide bonds. The summed E-state index contributed by atoms with van der Waals surface area (Å²) in [4.78, 5) is 21.2. The summed E-state index contributed by atoms with van der Waals surface area (Å²) < 4.78 is 0. The summed E-state index contributed by atoms with van der Waals surface area (Å²) in [6.45, 7) is 1.62. The minimum absolute atomic E-state index is 0.558. The predicted octanol–water partition coefficient (Wildman–Crippen LogP) is 1.46. The zero-order chi connectivity index (χ0) is 15.4. The highest BCUT2D eigenvalue weighted by atomic mass is 16.4. The normalized spacial score (nSPS) is 9.65. The third-order valence-electron chi connectivity index (χ3n) is 2.03. The fourth-order valence-corrected chi connectivity index (χ4v) is 1.25. The highest BCUT2D eigenvalue weighted by Gasteiger charge is 1.95. The van der Waals surface area contributed by atoms with Gasteiger partial charge >= 0.3 is 11.9 Å². The second-order valence-corrected chi connectivity index (χ2v) is 3.87. The molecule has 0 saturated carbocycles. The molecule has 1 rings (SSSR count). The summed E-state index contributed by atoms with van der Waals surface area (Å²) in [6.07, 6.45) is 6.31. The van der Waals surface area contributed by atoms with Gasteiger partial charge in [0.05, 0.1) is 6.54 Å². The molecule has 0 atom stereocenters. The van der Waals surface area contributed by atoms with Crippen LogP contribution in [0.5, 0.6) is 0 Å². The zero-order valence-corrected chi connectivity index (χ0v) is 11.2. The Labute approximate surface area is 118 Å². The molecular formula is C15H17NO4. The molecular weight excluding hydrogens is 258 g/mol. The lowest BCUT2D eigenvalue weighted by atomic mass is 10.2. The number of carboxylic acids is 2. The highest BCUT2D eigenvalue weighted by Crippen LogP contribution is 2.01. The van der Waals surface area contributed by atoms with Gasteiger partial charge in [0, 0.05) is 18.7 Å². The van der Waals surface area contributed by atoms with Crippen LogP contribution in [0.4, 0.5) is 0 Å². The SMILES string of the molecule is C#CCN(C)Cc1ccccc1.O=C(O)/C=C/C(=O)O. The number of benzene rings is 1. The van der Waals surface area contributed by atoms with E-state index in [2.05, 4.69) is 23.0 Å². The third kappa shape index (κ3) is 10.6. The molecule has 0 bridgehead atoms. The lowest BCUT2D eigenvalue weighted by molar-refractivity contribution is -0.134. The van der Waals surface area contributed by atoms with Gasteiger partial charge in [-0.25, -0.2) is 9.59 Å². The third-order valence-corrected chi connectivity index (χ3v) is 2.03. The van der Waals surface area contributed by atoms with Gasteiger partial charge in [-0.3, -0.25) is 4.90 Å². The Balaban J connectivity index is 0.000000396. The number of aliphatic carboxylic acids is 2. The fourth-order valence-electron chi connectivity index (χ4n) is 1.25. The molecule has 106 valence electrons. The van der Waals surface area contributed by atoms with Crippen LogP contribution in [0, 0.1) is 12.3 Å². The zero-order valence-electron chi connectivity index (χ0n) is 11.2. The fraction of sp³-hybridized carbons (Fsp3) is 0.200. The van der Waals surface area contributed by atoms with Crippen molar-refractivity contribution in [1.82, 2.24) is 4.90 Å². The first-order chi connectivity index (χ1) is 9.45. The second kappa shape index (κ2) is 10.4. The van der Waals surface area contributed by atoms with Gasteiger partial charge in [0.2, 0.25) is 0 Å². The molecule has 0 saturated heterocycles. The van der Waals surface area contributed by atoms with Crippen molar-refractivity contribution < 1.29 is 19.8 Å². The topological polar surface area (TPSA) is 77.8 Å². The number of hydrogen-bond donors (Lipinski definition) is 2. The number of rotatable bonds is 5. The standard InChI is InChI=1S/C11H13N.C4H4O4/c1-3-9-12(2)10-11-7-5-4-6-8-11;5-3(6)1-2-4(7)8/h1,4-8H,9-10H2,2H3;1-2H,(H,5,6)(H,7,8)/b;2-1+. The molecule has 1 aromatic rings. The van der Waals surface area contributed by atoms with E-state index in [-0.39, 0.29) is 0 Å². The molecule has 0 heterocycles. The number of terminal acetylenes is 1. The smallest absolute Gasteiger partial charge is 0.328 e. The molecule has 0 unspecified atom stereocenters. The number of carbonyl (C=O) groups is 2. The highest BCUT2D eigenvalue weighted by molar-refractivity contribution is 5.89. The van der Waals surface area contributed by atoms with Crippen LogP contribution >= 0.6 is 0 Å². The van der Waals surface area contributed by atoms with Crippen LogP contribution in [0.2, 0.25) is 0 Å². The average molecular weight is 275 g/mol. The molecule has 5 nitrogen and oxygen atoms in total. The van der Waals surface area contributed by atoms with Crippen molar-refractivity contribution in [2.45, 2.75) is 6.54 Å². The first-order valence-electron chi connectivity index (χ1n) is 5.75. The maximum atomic E-state index is 9.55. The summed E-state index contributed by atoms with van der Waals surface area (Å²) in [5, 5.41) is 15.6. The van der Waals surface area contributed by atoms with Gasteiger partial charge in [0.25, 0.3) is 0 Å². The molecule has 0 aliphatic heterocycles. The van der Waals surface area contributed by atoms with Crippen molar-refractivity contribution >= 4 is 11.9 Å². The molecule has 20 heavy (non-hydrogen) atoms. The van der Waals surface area contributed by atoms with Crippen LogP contribution in [0.25, 0.3) is 0 Å². The minimum atomic E-state index is -1.26. The van der Waals surface area contributed by atoms with Crippen LogP contribution in [0.1, 0.15) is 5.56 Å². The lowest BCUT2D eigenvalue weighted by Gasteiger charge is -2.12. The Hall–Kier alpha value is -2.58. The molecule has 0 aliphatic carbocycles. The van der Waals surface area contributed by atoms with Gasteiger partial charge in [-0.05, 0) is 12.6 Å². The van der Waals surface area contributed by atoms with E-state index in [1.807, 2.05) is 25.2 Å². The number of carboxylic acid groups (broad SMARTS) is 2. The van der Waals surface area contributed by atoms with E-state index in [1.165, 1.54) is 5.56 Å². The summed E-state index contributed by atoms with van der Waals surface area (Å²) in [5.74, 6) is 0.0996. The Kier molecular flexibility index (Phi) is 9.02. The molecule has 5 heteroatoms. The van der Waals surface area contributed by atoms with Gasteiger partial charge in [-0.15, -0.1) is 6.42 Å². The maximum absolute atomic E-state index is 9.55. The molecule has 0 aromatic heterocycles. The van der Waals surface area contributed by atoms with Crippen molar-refractivity contribution in [2.24, 2.45) is 0 Å². The van der Waals surface area contributed by atoms with Crippen LogP contribution in [0.15, 0.2) is 42.5 Å². The Morgan fingerprint density at radius 3 is 2.10 bits per heavy atom. The van der Waals surface area contributed by atoms with E-state index in [9.17, 15) is 9.59 Å². The Morgan fingerprint density at radius 1 is 1.20 bits per heavy atom. The second-order valence-electron chi connectivity index (χ2n) is 3.87. The van der Waals surface area contributed by atoms with Crippen molar-refractivity contribution in [3.05, 3.63) is 48.0 Å². The van der Waals surface area contributed by atoms with Gasteiger partial charge in [-0.2, -0.15) is 0 Å². The number of hydrogen-bond acceptors (Lipinski definition) is 3. The van der Waals surface area contributed by atoms with E-state index in [0.29, 0.717) is 18.7 Å². The molecule has 0 aliphatic rings. The van der Waals surface area contributed by atoms with Crippen molar-refractivity contribution in [2.75, 3.05) is 13.6 Å². The minimum Gasteiger partial charge on any atom is -0.478 e. The monoisotopic (exact) mass is 275 g/mol. The number of nitrogens with zero attached hydrogens (tertiary/aromatic N) is 1. The first-order valence-corrected chi connectivity index (χ1v) is 5.75. The maximum Gasteiger partial charge on any atom is 0.328 e. The quantitative estimate of drug-likeness (QED) is 0.628. The lowest BCUT2D eigenvalue weighted by Crippen LogP contribution is -2.17. The first kappa shape index (κ1) is 17.4. The summed E-state index contributed by atoms with van der Waals surface area (Å²) in [7, 11) is 2.02. The van der Waals surface area contributed by atoms with Gasteiger partial charge in [0.1, 0.15) is 0 Å². The molecule has 1 aromatic carbocycles. The summed E-state index contributed by atoms with van der Waals surface area (Å²) in [6, 6.07) is 10.3. The van der Waals surface area contributed by atoms with E-state index in [1.54, 1.807) is 0 Å². The molecule has 2 N–H and O–H groups in total. The van der Waals surface area contributed by atoms with Crippen molar-refractivity contribution in [1.29, 1.82) is 0 Å². The van der Waals surface area contributed by atoms with Gasteiger partial charge in [-0.1, -0.05) is 36.3 Å². The van der Waals surface area contributed by atoms with Crippen LogP contribution in [-0.4, -0.2) is 40.6 Å². The Morgan fingerprint density at radius 2 is 1.70 bits per heavy atom. The van der Waals surface area contributed by atoms with Gasteiger partial charge in [0.15, 0.2) is 0 Å².